The number of nitrogens with two attached hydrogens (primary N) is 1. The third kappa shape index (κ3) is 2.04. The Morgan fingerprint density at radius 3 is 2.21 bits per heavy atom. The first-order chi connectivity index (χ1) is 6.34. The van der Waals surface area contributed by atoms with Gasteiger partial charge in [-0.25, -0.2) is 4.39 Å². The highest BCUT2D eigenvalue weighted by Crippen LogP contribution is 2.35. The molecule has 1 atom stereocenters. The normalized spacial score (nSPS) is 14.1. The van der Waals surface area contributed by atoms with E-state index in [9.17, 15) is 17.6 Å². The van der Waals surface area contributed by atoms with Gasteiger partial charge in [0.05, 0.1) is 5.56 Å². The molecule has 0 aliphatic carbocycles. The largest absolute Gasteiger partial charge is 0.419 e. The highest BCUT2D eigenvalue weighted by Gasteiger charge is 2.37. The van der Waals surface area contributed by atoms with E-state index >= 15 is 0 Å². The van der Waals surface area contributed by atoms with E-state index in [4.69, 9.17) is 5.73 Å². The molecule has 14 heavy (non-hydrogen) atoms. The zero-order valence-corrected chi connectivity index (χ0v) is 7.40. The average molecular weight is 207 g/mol. The standard InChI is InChI=1S/C9H9F4N/c1-5(14)6-3-2-4-7(10)8(6)9(11,12)13/h2-5H,14H2,1H3. The van der Waals surface area contributed by atoms with Crippen molar-refractivity contribution in [3.63, 3.8) is 0 Å². The minimum Gasteiger partial charge on any atom is -0.324 e. The van der Waals surface area contributed by atoms with Crippen LogP contribution < -0.4 is 5.73 Å². The van der Waals surface area contributed by atoms with Gasteiger partial charge in [-0.15, -0.1) is 0 Å². The van der Waals surface area contributed by atoms with Gasteiger partial charge in [0.25, 0.3) is 0 Å². The van der Waals surface area contributed by atoms with Crippen molar-refractivity contribution >= 4 is 0 Å². The van der Waals surface area contributed by atoms with E-state index in [1.165, 1.54) is 19.1 Å². The van der Waals surface area contributed by atoms with Gasteiger partial charge in [-0.05, 0) is 18.6 Å². The van der Waals surface area contributed by atoms with Gasteiger partial charge >= 0.3 is 6.18 Å². The topological polar surface area (TPSA) is 26.0 Å². The lowest BCUT2D eigenvalue weighted by atomic mass is 10.0. The van der Waals surface area contributed by atoms with Crippen LogP contribution in [-0.4, -0.2) is 0 Å². The maximum Gasteiger partial charge on any atom is 0.419 e. The molecule has 0 amide bonds. The monoisotopic (exact) mass is 207 g/mol. The molecule has 1 aromatic rings. The van der Waals surface area contributed by atoms with E-state index < -0.39 is 23.6 Å². The molecule has 1 nitrogen and oxygen atoms in total. The smallest absolute Gasteiger partial charge is 0.324 e. The molecule has 1 aromatic carbocycles. The van der Waals surface area contributed by atoms with E-state index in [-0.39, 0.29) is 5.56 Å². The fourth-order valence-electron chi connectivity index (χ4n) is 1.22. The predicted octanol–water partition coefficient (Wildman–Crippen LogP) is 2.86. The van der Waals surface area contributed by atoms with E-state index in [0.717, 1.165) is 6.07 Å². The number of hydrogen-bond donors (Lipinski definition) is 1. The Morgan fingerprint density at radius 1 is 1.29 bits per heavy atom. The Bertz CT molecular complexity index is 330. The van der Waals surface area contributed by atoms with E-state index in [0.29, 0.717) is 0 Å². The molecule has 78 valence electrons. The van der Waals surface area contributed by atoms with Gasteiger partial charge in [0, 0.05) is 6.04 Å². The Hall–Kier alpha value is -1.10. The minimum atomic E-state index is -4.70. The van der Waals surface area contributed by atoms with Crippen molar-refractivity contribution in [2.75, 3.05) is 0 Å². The molecule has 1 rings (SSSR count). The van der Waals surface area contributed by atoms with Gasteiger partial charge < -0.3 is 5.73 Å². The molecule has 0 aromatic heterocycles. The zero-order chi connectivity index (χ0) is 10.9. The highest BCUT2D eigenvalue weighted by molar-refractivity contribution is 5.33. The van der Waals surface area contributed by atoms with Gasteiger partial charge in [-0.1, -0.05) is 12.1 Å². The number of halogens is 4. The number of alkyl halides is 3. The third-order valence-corrected chi connectivity index (χ3v) is 1.82. The van der Waals surface area contributed by atoms with Crippen LogP contribution in [0.25, 0.3) is 0 Å². The minimum absolute atomic E-state index is 0.225. The molecule has 0 radical (unpaired) electrons. The van der Waals surface area contributed by atoms with Crippen molar-refractivity contribution in [1.82, 2.24) is 0 Å². The summed E-state index contributed by atoms with van der Waals surface area (Å²) in [7, 11) is 0. The first-order valence-corrected chi connectivity index (χ1v) is 3.95. The van der Waals surface area contributed by atoms with Crippen LogP contribution in [0, 0.1) is 5.82 Å². The molecular weight excluding hydrogens is 198 g/mol. The van der Waals surface area contributed by atoms with E-state index in [1.807, 2.05) is 0 Å². The summed E-state index contributed by atoms with van der Waals surface area (Å²) >= 11 is 0. The second-order valence-electron chi connectivity index (χ2n) is 2.99. The summed E-state index contributed by atoms with van der Waals surface area (Å²) < 4.78 is 50.1. The van der Waals surface area contributed by atoms with Crippen LogP contribution in [0.2, 0.25) is 0 Å². The van der Waals surface area contributed by atoms with Crippen LogP contribution in [0.5, 0.6) is 0 Å². The highest BCUT2D eigenvalue weighted by atomic mass is 19.4. The van der Waals surface area contributed by atoms with Crippen LogP contribution in [0.1, 0.15) is 24.1 Å². The van der Waals surface area contributed by atoms with E-state index in [2.05, 4.69) is 0 Å². The van der Waals surface area contributed by atoms with Crippen molar-refractivity contribution in [2.45, 2.75) is 19.1 Å². The first-order valence-electron chi connectivity index (χ1n) is 3.95. The molecule has 0 aliphatic rings. The second-order valence-corrected chi connectivity index (χ2v) is 2.99. The van der Waals surface area contributed by atoms with Crippen LogP contribution in [0.4, 0.5) is 17.6 Å². The van der Waals surface area contributed by atoms with Crippen molar-refractivity contribution in [3.05, 3.63) is 35.1 Å². The van der Waals surface area contributed by atoms with Crippen molar-refractivity contribution < 1.29 is 17.6 Å². The summed E-state index contributed by atoms with van der Waals surface area (Å²) in [5.74, 6) is -1.28. The molecule has 0 heterocycles. The molecule has 0 bridgehead atoms. The molecule has 5 heteroatoms. The Labute approximate surface area is 78.5 Å². The number of benzene rings is 1. The quantitative estimate of drug-likeness (QED) is 0.704. The number of rotatable bonds is 1. The van der Waals surface area contributed by atoms with Gasteiger partial charge in [-0.2, -0.15) is 13.2 Å². The van der Waals surface area contributed by atoms with Crippen LogP contribution in [-0.2, 0) is 6.18 Å². The molecule has 0 spiro atoms. The summed E-state index contributed by atoms with van der Waals surface area (Å²) in [5.41, 5.74) is 3.82. The summed E-state index contributed by atoms with van der Waals surface area (Å²) in [6, 6.07) is 2.32. The second kappa shape index (κ2) is 3.57. The molecule has 1 unspecified atom stereocenters. The Balaban J connectivity index is 3.38. The van der Waals surface area contributed by atoms with Gasteiger partial charge in [0.15, 0.2) is 0 Å². The fraction of sp³-hybridized carbons (Fsp3) is 0.333. The summed E-state index contributed by atoms with van der Waals surface area (Å²) in [6.45, 7) is 1.38. The lowest BCUT2D eigenvalue weighted by Gasteiger charge is -2.15. The number of hydrogen-bond acceptors (Lipinski definition) is 1. The molecule has 0 aliphatic heterocycles. The zero-order valence-electron chi connectivity index (χ0n) is 7.40. The maximum atomic E-state index is 12.9. The van der Waals surface area contributed by atoms with Gasteiger partial charge in [0.2, 0.25) is 0 Å². The molecule has 0 saturated carbocycles. The van der Waals surface area contributed by atoms with Gasteiger partial charge in [0.1, 0.15) is 5.82 Å². The molecule has 2 N–H and O–H groups in total. The third-order valence-electron chi connectivity index (χ3n) is 1.82. The SMILES string of the molecule is CC(N)c1cccc(F)c1C(F)(F)F. The first kappa shape index (κ1) is 11.0. The Morgan fingerprint density at radius 2 is 1.86 bits per heavy atom. The maximum absolute atomic E-state index is 12.9. The molecule has 0 saturated heterocycles. The fourth-order valence-corrected chi connectivity index (χ4v) is 1.22. The average Bonchev–Trinajstić information content (AvgIpc) is 2.01. The lowest BCUT2D eigenvalue weighted by molar-refractivity contribution is -0.140. The molecular formula is C9H9F4N. The summed E-state index contributed by atoms with van der Waals surface area (Å²) in [6.07, 6.45) is -4.70. The van der Waals surface area contributed by atoms with Crippen LogP contribution in [0.15, 0.2) is 18.2 Å². The predicted molar refractivity (Wildman–Crippen MR) is 44.0 cm³/mol. The van der Waals surface area contributed by atoms with Gasteiger partial charge in [-0.3, -0.25) is 0 Å². The Kier molecular flexibility index (Phi) is 2.80. The van der Waals surface area contributed by atoms with Crippen LogP contribution in [0.3, 0.4) is 0 Å². The van der Waals surface area contributed by atoms with Crippen molar-refractivity contribution in [1.29, 1.82) is 0 Å². The van der Waals surface area contributed by atoms with Crippen molar-refractivity contribution in [2.24, 2.45) is 5.73 Å². The molecule has 0 fully saturated rings. The van der Waals surface area contributed by atoms with Crippen molar-refractivity contribution in [3.8, 4) is 0 Å². The summed E-state index contributed by atoms with van der Waals surface area (Å²) in [4.78, 5) is 0. The van der Waals surface area contributed by atoms with Crippen LogP contribution >= 0.6 is 0 Å². The van der Waals surface area contributed by atoms with E-state index in [1.54, 1.807) is 0 Å². The summed E-state index contributed by atoms with van der Waals surface area (Å²) in [5, 5.41) is 0. The lowest BCUT2D eigenvalue weighted by Crippen LogP contribution is -2.17.